The van der Waals surface area contributed by atoms with E-state index >= 15 is 0 Å². The second-order valence-electron chi connectivity index (χ2n) is 9.74. The van der Waals surface area contributed by atoms with Crippen molar-refractivity contribution in [3.8, 4) is 0 Å². The molecule has 1 heterocycles. The molecule has 0 saturated heterocycles. The third-order valence-electron chi connectivity index (χ3n) is 6.04. The summed E-state index contributed by atoms with van der Waals surface area (Å²) in [6.07, 6.45) is -2.09. The van der Waals surface area contributed by atoms with E-state index in [0.29, 0.717) is 18.5 Å². The SMILES string of the molecule is O=C(O)C(F)(F)F.O=C(O)CC(NC(=O)C(COCc1ccccc1)NC(=O)CCCCNc1ccccn1)c1cccc(Br)c1. The Bertz CT molecular complexity index is 1400. The number of hydrogen-bond acceptors (Lipinski definition) is 7. The molecule has 0 aliphatic heterocycles. The van der Waals surface area contributed by atoms with E-state index in [1.54, 1.807) is 24.4 Å². The Labute approximate surface area is 271 Å². The first kappa shape index (κ1) is 37.7. The van der Waals surface area contributed by atoms with Gasteiger partial charge in [-0.1, -0.05) is 64.5 Å². The highest BCUT2D eigenvalue weighted by Gasteiger charge is 2.38. The zero-order valence-electron chi connectivity index (χ0n) is 24.5. The van der Waals surface area contributed by atoms with Crippen molar-refractivity contribution in [2.45, 2.75) is 50.6 Å². The molecule has 2 aromatic carbocycles. The predicted molar refractivity (Wildman–Crippen MR) is 166 cm³/mol. The summed E-state index contributed by atoms with van der Waals surface area (Å²) in [6, 6.07) is 20.4. The number of aromatic nitrogens is 1. The van der Waals surface area contributed by atoms with Gasteiger partial charge in [-0.15, -0.1) is 0 Å². The topological polar surface area (TPSA) is 167 Å². The maximum atomic E-state index is 13.3. The molecule has 0 spiro atoms. The summed E-state index contributed by atoms with van der Waals surface area (Å²) >= 11 is 3.38. The number of pyridine rings is 1. The number of unbranched alkanes of at least 4 members (excludes halogenated alkanes) is 1. The van der Waals surface area contributed by atoms with Gasteiger partial charge in [0.05, 0.1) is 25.7 Å². The molecule has 2 amide bonds. The first-order valence-electron chi connectivity index (χ1n) is 14.0. The summed E-state index contributed by atoms with van der Waals surface area (Å²) < 4.78 is 38.3. The van der Waals surface area contributed by atoms with Crippen molar-refractivity contribution in [2.24, 2.45) is 0 Å². The van der Waals surface area contributed by atoms with Crippen LogP contribution >= 0.6 is 15.9 Å². The van der Waals surface area contributed by atoms with Crippen molar-refractivity contribution in [1.29, 1.82) is 0 Å². The highest BCUT2D eigenvalue weighted by molar-refractivity contribution is 9.10. The van der Waals surface area contributed by atoms with Gasteiger partial charge in [0.2, 0.25) is 11.8 Å². The lowest BCUT2D eigenvalue weighted by Crippen LogP contribution is -2.50. The molecule has 0 aliphatic rings. The lowest BCUT2D eigenvalue weighted by molar-refractivity contribution is -0.192. The lowest BCUT2D eigenvalue weighted by atomic mass is 10.0. The summed E-state index contributed by atoms with van der Waals surface area (Å²) in [5.41, 5.74) is 1.57. The third kappa shape index (κ3) is 15.5. The number of alkyl halides is 3. The van der Waals surface area contributed by atoms with Gasteiger partial charge < -0.3 is 30.9 Å². The zero-order chi connectivity index (χ0) is 34.0. The quantitative estimate of drug-likeness (QED) is 0.127. The number of carbonyl (C=O) groups excluding carboxylic acids is 2. The molecule has 5 N–H and O–H groups in total. The van der Waals surface area contributed by atoms with Crippen molar-refractivity contribution in [1.82, 2.24) is 15.6 Å². The summed E-state index contributed by atoms with van der Waals surface area (Å²) in [6.45, 7) is 0.869. The minimum absolute atomic E-state index is 0.0635. The van der Waals surface area contributed by atoms with Crippen LogP contribution in [0.15, 0.2) is 83.5 Å². The normalized spacial score (nSPS) is 12.1. The molecule has 15 heteroatoms. The van der Waals surface area contributed by atoms with Crippen LogP contribution in [0.1, 0.15) is 42.9 Å². The van der Waals surface area contributed by atoms with E-state index in [9.17, 15) is 32.7 Å². The number of ether oxygens (including phenoxy) is 1. The maximum absolute atomic E-state index is 13.3. The molecule has 0 saturated carbocycles. The smallest absolute Gasteiger partial charge is 0.481 e. The number of amides is 2. The second kappa shape index (κ2) is 19.8. The Balaban J connectivity index is 0.000000942. The number of anilines is 1. The monoisotopic (exact) mass is 710 g/mol. The average Bonchev–Trinajstić information content (AvgIpc) is 3.00. The van der Waals surface area contributed by atoms with Crippen LogP contribution in [-0.2, 0) is 30.5 Å². The minimum Gasteiger partial charge on any atom is -0.481 e. The van der Waals surface area contributed by atoms with Gasteiger partial charge >= 0.3 is 18.1 Å². The van der Waals surface area contributed by atoms with Gasteiger partial charge in [-0.2, -0.15) is 13.2 Å². The second-order valence-corrected chi connectivity index (χ2v) is 10.7. The zero-order valence-corrected chi connectivity index (χ0v) is 26.1. The van der Waals surface area contributed by atoms with E-state index in [1.807, 2.05) is 54.6 Å². The van der Waals surface area contributed by atoms with Crippen LogP contribution in [0.3, 0.4) is 0 Å². The molecule has 2 atom stereocenters. The number of halogens is 4. The molecule has 3 rings (SSSR count). The molecular formula is C31H34BrF3N4O7. The van der Waals surface area contributed by atoms with Crippen LogP contribution < -0.4 is 16.0 Å². The van der Waals surface area contributed by atoms with Crippen molar-refractivity contribution < 1.29 is 47.3 Å². The van der Waals surface area contributed by atoms with Crippen molar-refractivity contribution >= 4 is 45.5 Å². The van der Waals surface area contributed by atoms with E-state index < -0.39 is 36.1 Å². The van der Waals surface area contributed by atoms with Crippen LogP contribution in [0.4, 0.5) is 19.0 Å². The molecule has 46 heavy (non-hydrogen) atoms. The van der Waals surface area contributed by atoms with Crippen molar-refractivity contribution in [3.05, 3.63) is 94.6 Å². The fraction of sp³-hybridized carbons (Fsp3) is 0.323. The van der Waals surface area contributed by atoms with E-state index in [4.69, 9.17) is 14.6 Å². The third-order valence-corrected chi connectivity index (χ3v) is 6.53. The number of carboxylic acid groups (broad SMARTS) is 2. The number of aliphatic carboxylic acids is 2. The van der Waals surface area contributed by atoms with Gasteiger partial charge in [0.15, 0.2) is 0 Å². The van der Waals surface area contributed by atoms with E-state index in [0.717, 1.165) is 22.3 Å². The van der Waals surface area contributed by atoms with Gasteiger partial charge in [-0.05, 0) is 48.2 Å². The van der Waals surface area contributed by atoms with E-state index in [-0.39, 0.29) is 32.0 Å². The van der Waals surface area contributed by atoms with Gasteiger partial charge in [-0.25, -0.2) is 9.78 Å². The van der Waals surface area contributed by atoms with E-state index in [1.165, 1.54) is 0 Å². The molecular weight excluding hydrogens is 677 g/mol. The number of carboxylic acids is 2. The fourth-order valence-electron chi connectivity index (χ4n) is 3.84. The fourth-order valence-corrected chi connectivity index (χ4v) is 4.25. The van der Waals surface area contributed by atoms with E-state index in [2.05, 4.69) is 36.9 Å². The molecule has 0 fully saturated rings. The Morgan fingerprint density at radius 1 is 0.913 bits per heavy atom. The van der Waals surface area contributed by atoms with Crippen LogP contribution in [0, 0.1) is 0 Å². The number of benzene rings is 2. The van der Waals surface area contributed by atoms with Crippen LogP contribution in [0.25, 0.3) is 0 Å². The predicted octanol–water partition coefficient (Wildman–Crippen LogP) is 5.09. The summed E-state index contributed by atoms with van der Waals surface area (Å²) in [7, 11) is 0. The van der Waals surface area contributed by atoms with Crippen LogP contribution in [-0.4, -0.2) is 64.3 Å². The molecule has 248 valence electrons. The molecule has 0 aliphatic carbocycles. The molecule has 0 bridgehead atoms. The van der Waals surface area contributed by atoms with Crippen molar-refractivity contribution in [2.75, 3.05) is 18.5 Å². The Kier molecular flexibility index (Phi) is 16.2. The number of nitrogens with one attached hydrogen (secondary N) is 3. The summed E-state index contributed by atoms with van der Waals surface area (Å²) in [5.74, 6) is -3.84. The average molecular weight is 712 g/mol. The minimum atomic E-state index is -5.08. The molecule has 11 nitrogen and oxygen atoms in total. The highest BCUT2D eigenvalue weighted by Crippen LogP contribution is 2.21. The first-order chi connectivity index (χ1) is 21.8. The van der Waals surface area contributed by atoms with Gasteiger partial charge in [-0.3, -0.25) is 14.4 Å². The van der Waals surface area contributed by atoms with Crippen LogP contribution in [0.5, 0.6) is 0 Å². The molecule has 3 aromatic rings. The molecule has 2 unspecified atom stereocenters. The summed E-state index contributed by atoms with van der Waals surface area (Å²) in [5, 5.41) is 25.3. The Morgan fingerprint density at radius 2 is 1.61 bits per heavy atom. The Morgan fingerprint density at radius 3 is 2.22 bits per heavy atom. The first-order valence-corrected chi connectivity index (χ1v) is 14.8. The van der Waals surface area contributed by atoms with Crippen LogP contribution in [0.2, 0.25) is 0 Å². The standard InChI is InChI=1S/C29H33BrN4O5.C2HF3O2/c30-23-12-8-11-22(17-23)24(18-28(36)37)34-29(38)25(20-39-19-21-9-2-1-3-10-21)33-27(35)14-5-7-16-32-26-13-4-6-15-31-26;3-2(4,5)1(6)7/h1-4,6,8-13,15,17,24-25H,5,7,14,16,18-20H2,(H,31,32)(H,33,35)(H,34,38)(H,36,37);(H,6,7). The van der Waals surface area contributed by atoms with Gasteiger partial charge in [0, 0.05) is 23.6 Å². The number of nitrogens with zero attached hydrogens (tertiary/aromatic N) is 1. The van der Waals surface area contributed by atoms with Gasteiger partial charge in [0.25, 0.3) is 0 Å². The maximum Gasteiger partial charge on any atom is 0.490 e. The number of carbonyl (C=O) groups is 4. The Hall–Kier alpha value is -4.50. The highest BCUT2D eigenvalue weighted by atomic mass is 79.9. The number of hydrogen-bond donors (Lipinski definition) is 5. The summed E-state index contributed by atoms with van der Waals surface area (Å²) in [4.78, 5) is 50.6. The van der Waals surface area contributed by atoms with Gasteiger partial charge in [0.1, 0.15) is 11.9 Å². The lowest BCUT2D eigenvalue weighted by Gasteiger charge is -2.23. The molecule has 1 aromatic heterocycles. The molecule has 0 radical (unpaired) electrons. The van der Waals surface area contributed by atoms with Crippen molar-refractivity contribution in [3.63, 3.8) is 0 Å². The largest absolute Gasteiger partial charge is 0.490 e. The number of rotatable bonds is 16.